The van der Waals surface area contributed by atoms with Crippen LogP contribution in [0.25, 0.3) is 10.9 Å². The van der Waals surface area contributed by atoms with E-state index in [2.05, 4.69) is 32.0 Å². The van der Waals surface area contributed by atoms with E-state index in [4.69, 9.17) is 0 Å². The smallest absolute Gasteiger partial charge is 0.231 e. The van der Waals surface area contributed by atoms with Crippen LogP contribution in [0.3, 0.4) is 0 Å². The zero-order valence-electron chi connectivity index (χ0n) is 14.6. The molecule has 4 heteroatoms. The lowest BCUT2D eigenvalue weighted by molar-refractivity contribution is -0.117. The Hall–Kier alpha value is -1.94. The van der Waals surface area contributed by atoms with Crippen molar-refractivity contribution in [2.75, 3.05) is 20.6 Å². The summed E-state index contributed by atoms with van der Waals surface area (Å²) in [5.74, 6) is 0.202. The fourth-order valence-electron chi connectivity index (χ4n) is 2.77. The number of ketones is 1. The standard InChI is InChI=1S/C19H26N2O2/c1-14-8-9-18-17(12-14)16(10-11-20(3)4)13-21(18)19(23)7-5-6-15(2)22/h8-9,12-13H,5-7,10-11H2,1-4H3. The summed E-state index contributed by atoms with van der Waals surface area (Å²) in [4.78, 5) is 25.7. The molecule has 0 fully saturated rings. The van der Waals surface area contributed by atoms with E-state index >= 15 is 0 Å². The van der Waals surface area contributed by atoms with Gasteiger partial charge in [-0.25, -0.2) is 0 Å². The number of hydrogen-bond donors (Lipinski definition) is 0. The van der Waals surface area contributed by atoms with Crippen LogP contribution in [0.4, 0.5) is 0 Å². The Balaban J connectivity index is 2.28. The first-order valence-corrected chi connectivity index (χ1v) is 8.16. The highest BCUT2D eigenvalue weighted by Gasteiger charge is 2.14. The Kier molecular flexibility index (Phi) is 5.72. The van der Waals surface area contributed by atoms with Gasteiger partial charge < -0.3 is 9.69 Å². The van der Waals surface area contributed by atoms with Gasteiger partial charge in [-0.2, -0.15) is 0 Å². The van der Waals surface area contributed by atoms with E-state index in [-0.39, 0.29) is 11.7 Å². The van der Waals surface area contributed by atoms with Crippen LogP contribution in [0.1, 0.15) is 42.1 Å². The van der Waals surface area contributed by atoms with Gasteiger partial charge in [0.25, 0.3) is 0 Å². The molecule has 0 aliphatic carbocycles. The molecule has 0 unspecified atom stereocenters. The molecule has 0 atom stereocenters. The highest BCUT2D eigenvalue weighted by Crippen LogP contribution is 2.24. The molecule has 4 nitrogen and oxygen atoms in total. The predicted octanol–water partition coefficient (Wildman–Crippen LogP) is 3.45. The van der Waals surface area contributed by atoms with Gasteiger partial charge in [0.1, 0.15) is 5.78 Å². The molecule has 0 radical (unpaired) electrons. The zero-order valence-corrected chi connectivity index (χ0v) is 14.6. The van der Waals surface area contributed by atoms with Crippen molar-refractivity contribution in [2.24, 2.45) is 0 Å². The van der Waals surface area contributed by atoms with Gasteiger partial charge >= 0.3 is 0 Å². The molecule has 0 amide bonds. The van der Waals surface area contributed by atoms with Crippen LogP contribution in [-0.4, -0.2) is 41.8 Å². The molecule has 23 heavy (non-hydrogen) atoms. The maximum absolute atomic E-state index is 12.5. The highest BCUT2D eigenvalue weighted by molar-refractivity contribution is 5.95. The molecule has 1 heterocycles. The molecule has 0 bridgehead atoms. The fraction of sp³-hybridized carbons (Fsp3) is 0.474. The van der Waals surface area contributed by atoms with Crippen LogP contribution < -0.4 is 0 Å². The average Bonchev–Trinajstić information content (AvgIpc) is 2.82. The van der Waals surface area contributed by atoms with E-state index in [0.29, 0.717) is 19.3 Å². The Bertz CT molecular complexity index is 713. The van der Waals surface area contributed by atoms with Crippen LogP contribution in [-0.2, 0) is 11.2 Å². The van der Waals surface area contributed by atoms with Crippen LogP contribution in [0.5, 0.6) is 0 Å². The second-order valence-electron chi connectivity index (χ2n) is 6.55. The largest absolute Gasteiger partial charge is 0.309 e. The number of carbonyl (C=O) groups excluding carboxylic acids is 2. The minimum Gasteiger partial charge on any atom is -0.309 e. The van der Waals surface area contributed by atoms with Crippen LogP contribution in [0.2, 0.25) is 0 Å². The number of aromatic nitrogens is 1. The lowest BCUT2D eigenvalue weighted by Crippen LogP contribution is -2.15. The zero-order chi connectivity index (χ0) is 17.0. The van der Waals surface area contributed by atoms with Crippen molar-refractivity contribution < 1.29 is 9.59 Å². The summed E-state index contributed by atoms with van der Waals surface area (Å²) in [6.45, 7) is 4.59. The van der Waals surface area contributed by atoms with Crippen LogP contribution >= 0.6 is 0 Å². The maximum atomic E-state index is 12.5. The molecule has 2 aromatic rings. The summed E-state index contributed by atoms with van der Waals surface area (Å²) in [6, 6.07) is 6.21. The van der Waals surface area contributed by atoms with Gasteiger partial charge in [0.2, 0.25) is 5.91 Å². The molecule has 1 aromatic heterocycles. The Morgan fingerprint density at radius 2 is 1.91 bits per heavy atom. The second kappa shape index (κ2) is 7.55. The molecule has 2 rings (SSSR count). The van der Waals surface area contributed by atoms with Crippen LogP contribution in [0, 0.1) is 6.92 Å². The Morgan fingerprint density at radius 3 is 2.57 bits per heavy atom. The van der Waals surface area contributed by atoms with Gasteiger partial charge in [-0.05, 0) is 58.5 Å². The first-order valence-electron chi connectivity index (χ1n) is 8.16. The lowest BCUT2D eigenvalue weighted by Gasteiger charge is -2.08. The molecule has 0 spiro atoms. The topological polar surface area (TPSA) is 42.3 Å². The normalized spacial score (nSPS) is 11.3. The Labute approximate surface area is 138 Å². The van der Waals surface area contributed by atoms with Crippen molar-refractivity contribution in [1.82, 2.24) is 9.47 Å². The number of benzene rings is 1. The number of hydrogen-bond acceptors (Lipinski definition) is 3. The summed E-state index contributed by atoms with van der Waals surface area (Å²) in [5.41, 5.74) is 3.37. The number of rotatable bonds is 7. The molecule has 0 aliphatic heterocycles. The van der Waals surface area contributed by atoms with Crippen molar-refractivity contribution in [1.29, 1.82) is 0 Å². The molecule has 124 valence electrons. The quantitative estimate of drug-likeness (QED) is 0.786. The summed E-state index contributed by atoms with van der Waals surface area (Å²) >= 11 is 0. The number of likely N-dealkylation sites (N-methyl/N-ethyl adjacent to an activating group) is 1. The van der Waals surface area contributed by atoms with E-state index < -0.39 is 0 Å². The van der Waals surface area contributed by atoms with E-state index in [1.54, 1.807) is 11.5 Å². The molecule has 0 aliphatic rings. The van der Waals surface area contributed by atoms with E-state index in [1.165, 1.54) is 11.1 Å². The number of fused-ring (bicyclic) bond motifs is 1. The Morgan fingerprint density at radius 1 is 1.17 bits per heavy atom. The second-order valence-corrected chi connectivity index (χ2v) is 6.55. The fourth-order valence-corrected chi connectivity index (χ4v) is 2.77. The number of Topliss-reactive ketones (excluding diaryl/α,β-unsaturated/α-hetero) is 1. The lowest BCUT2D eigenvalue weighted by atomic mass is 10.1. The van der Waals surface area contributed by atoms with E-state index in [0.717, 1.165) is 23.9 Å². The molecular weight excluding hydrogens is 288 g/mol. The summed E-state index contributed by atoms with van der Waals surface area (Å²) in [5, 5.41) is 1.16. The van der Waals surface area contributed by atoms with Crippen molar-refractivity contribution in [3.8, 4) is 0 Å². The molecule has 1 aromatic carbocycles. The van der Waals surface area contributed by atoms with Gasteiger partial charge in [0.05, 0.1) is 5.52 Å². The van der Waals surface area contributed by atoms with Gasteiger partial charge in [0, 0.05) is 31.0 Å². The molecular formula is C19H26N2O2. The minimum atomic E-state index is 0.0659. The molecule has 0 N–H and O–H groups in total. The number of aryl methyl sites for hydroxylation is 1. The third kappa shape index (κ3) is 4.52. The van der Waals surface area contributed by atoms with E-state index in [9.17, 15) is 9.59 Å². The SMILES string of the molecule is CC(=O)CCCC(=O)n1cc(CCN(C)C)c2cc(C)ccc21. The van der Waals surface area contributed by atoms with Crippen molar-refractivity contribution in [3.63, 3.8) is 0 Å². The van der Waals surface area contributed by atoms with Gasteiger partial charge in [0.15, 0.2) is 0 Å². The van der Waals surface area contributed by atoms with Gasteiger partial charge in [-0.15, -0.1) is 0 Å². The summed E-state index contributed by atoms with van der Waals surface area (Å²) < 4.78 is 1.76. The average molecular weight is 314 g/mol. The van der Waals surface area contributed by atoms with Crippen LogP contribution in [0.15, 0.2) is 24.4 Å². The predicted molar refractivity (Wildman–Crippen MR) is 94.1 cm³/mol. The third-order valence-electron chi connectivity index (χ3n) is 4.06. The monoisotopic (exact) mass is 314 g/mol. The number of carbonyl (C=O) groups is 2. The first kappa shape index (κ1) is 17.4. The minimum absolute atomic E-state index is 0.0659. The molecule has 0 saturated heterocycles. The van der Waals surface area contributed by atoms with E-state index in [1.807, 2.05) is 18.3 Å². The third-order valence-corrected chi connectivity index (χ3v) is 4.06. The van der Waals surface area contributed by atoms with Crippen molar-refractivity contribution in [3.05, 3.63) is 35.5 Å². The van der Waals surface area contributed by atoms with Crippen molar-refractivity contribution >= 4 is 22.6 Å². The van der Waals surface area contributed by atoms with Gasteiger partial charge in [-0.1, -0.05) is 11.6 Å². The maximum Gasteiger partial charge on any atom is 0.231 e. The number of nitrogens with zero attached hydrogens (tertiary/aromatic N) is 2. The van der Waals surface area contributed by atoms with Crippen molar-refractivity contribution in [2.45, 2.75) is 39.5 Å². The highest BCUT2D eigenvalue weighted by atomic mass is 16.2. The molecule has 0 saturated carbocycles. The summed E-state index contributed by atoms with van der Waals surface area (Å²) in [6.07, 6.45) is 4.39. The summed E-state index contributed by atoms with van der Waals surface area (Å²) in [7, 11) is 4.11. The van der Waals surface area contributed by atoms with Gasteiger partial charge in [-0.3, -0.25) is 9.36 Å². The first-order chi connectivity index (χ1) is 10.9.